The third-order valence-electron chi connectivity index (χ3n) is 5.30. The Kier molecular flexibility index (Phi) is 5.20. The summed E-state index contributed by atoms with van der Waals surface area (Å²) in [5.41, 5.74) is 4.16. The first-order valence-electron chi connectivity index (χ1n) is 9.61. The molecule has 1 saturated heterocycles. The van der Waals surface area contributed by atoms with Gasteiger partial charge in [0.1, 0.15) is 5.75 Å². The molecule has 0 aliphatic carbocycles. The first-order chi connectivity index (χ1) is 14.0. The quantitative estimate of drug-likeness (QED) is 0.712. The molecule has 1 aliphatic heterocycles. The smallest absolute Gasteiger partial charge is 0.321 e. The molecule has 7 nitrogen and oxygen atoms in total. The van der Waals surface area contributed by atoms with Crippen molar-refractivity contribution in [2.75, 3.05) is 25.5 Å². The van der Waals surface area contributed by atoms with Crippen LogP contribution >= 0.6 is 0 Å². The molecule has 4 rings (SSSR count). The van der Waals surface area contributed by atoms with Crippen LogP contribution in [0.15, 0.2) is 47.0 Å². The number of methoxy groups -OCH3 is 1. The zero-order chi connectivity index (χ0) is 20.4. The van der Waals surface area contributed by atoms with Crippen LogP contribution in [0.1, 0.15) is 34.3 Å². The maximum absolute atomic E-state index is 12.4. The minimum absolute atomic E-state index is 0.0689. The Morgan fingerprint density at radius 1 is 1.21 bits per heavy atom. The Morgan fingerprint density at radius 3 is 2.76 bits per heavy atom. The van der Waals surface area contributed by atoms with E-state index in [1.165, 1.54) is 5.56 Å². The van der Waals surface area contributed by atoms with E-state index in [4.69, 9.17) is 9.26 Å². The SMILES string of the molecule is COc1ccccc1Cc1noc(C2CN(C(=O)Nc3ccc(C)c(C)c3)C2)n1. The van der Waals surface area contributed by atoms with Gasteiger partial charge in [-0.1, -0.05) is 29.4 Å². The number of anilines is 1. The predicted octanol–water partition coefficient (Wildman–Crippen LogP) is 3.92. The second-order valence-corrected chi connectivity index (χ2v) is 7.37. The summed E-state index contributed by atoms with van der Waals surface area (Å²) < 4.78 is 10.8. The number of urea groups is 1. The van der Waals surface area contributed by atoms with Crippen LogP contribution < -0.4 is 10.1 Å². The average Bonchev–Trinajstić information content (AvgIpc) is 3.12. The van der Waals surface area contributed by atoms with Gasteiger partial charge in [0, 0.05) is 30.8 Å². The number of hydrogen-bond acceptors (Lipinski definition) is 5. The van der Waals surface area contributed by atoms with Crippen molar-refractivity contribution in [3.8, 4) is 5.75 Å². The molecule has 1 N–H and O–H groups in total. The second-order valence-electron chi connectivity index (χ2n) is 7.37. The lowest BCUT2D eigenvalue weighted by atomic mass is 10.0. The summed E-state index contributed by atoms with van der Waals surface area (Å²) in [6.07, 6.45) is 0.539. The van der Waals surface area contributed by atoms with Crippen LogP contribution in [-0.2, 0) is 6.42 Å². The third kappa shape index (κ3) is 4.08. The lowest BCUT2D eigenvalue weighted by molar-refractivity contribution is 0.147. The fourth-order valence-corrected chi connectivity index (χ4v) is 3.35. The molecule has 0 bridgehead atoms. The first kappa shape index (κ1) is 19.0. The third-order valence-corrected chi connectivity index (χ3v) is 5.30. The topological polar surface area (TPSA) is 80.5 Å². The standard InChI is InChI=1S/C22H24N4O3/c1-14-8-9-18(10-15(14)2)23-22(27)26-12-17(13-26)21-24-20(25-29-21)11-16-6-4-5-7-19(16)28-3/h4-10,17H,11-13H2,1-3H3,(H,23,27). The van der Waals surface area contributed by atoms with Crippen molar-refractivity contribution in [3.05, 3.63) is 70.9 Å². The number of carbonyl (C=O) groups excluding carboxylic acids is 1. The van der Waals surface area contributed by atoms with Gasteiger partial charge in [0.25, 0.3) is 0 Å². The molecule has 2 aromatic carbocycles. The van der Waals surface area contributed by atoms with Crippen LogP contribution in [0.4, 0.5) is 10.5 Å². The van der Waals surface area contributed by atoms with Gasteiger partial charge in [0.05, 0.1) is 13.0 Å². The van der Waals surface area contributed by atoms with Crippen LogP contribution in [0.3, 0.4) is 0 Å². The van der Waals surface area contributed by atoms with Crippen molar-refractivity contribution in [3.63, 3.8) is 0 Å². The number of hydrogen-bond donors (Lipinski definition) is 1. The van der Waals surface area contributed by atoms with Crippen LogP contribution in [0.5, 0.6) is 5.75 Å². The Balaban J connectivity index is 1.33. The number of aryl methyl sites for hydroxylation is 2. The molecular weight excluding hydrogens is 368 g/mol. The lowest BCUT2D eigenvalue weighted by Crippen LogP contribution is -2.50. The highest BCUT2D eigenvalue weighted by Gasteiger charge is 2.35. The number of rotatable bonds is 5. The minimum atomic E-state index is -0.113. The summed E-state index contributed by atoms with van der Waals surface area (Å²) in [6, 6.07) is 13.6. The van der Waals surface area contributed by atoms with Crippen LogP contribution in [0.2, 0.25) is 0 Å². The molecule has 0 spiro atoms. The van der Waals surface area contributed by atoms with Gasteiger partial charge in [0.15, 0.2) is 5.82 Å². The molecule has 2 amide bonds. The molecule has 1 aromatic heterocycles. The molecule has 0 atom stereocenters. The van der Waals surface area contributed by atoms with Gasteiger partial charge >= 0.3 is 6.03 Å². The zero-order valence-electron chi connectivity index (χ0n) is 16.8. The van der Waals surface area contributed by atoms with E-state index in [0.29, 0.717) is 31.2 Å². The maximum Gasteiger partial charge on any atom is 0.321 e. The zero-order valence-corrected chi connectivity index (χ0v) is 16.8. The maximum atomic E-state index is 12.4. The van der Waals surface area contributed by atoms with E-state index in [2.05, 4.69) is 15.5 Å². The van der Waals surface area contributed by atoms with Crippen molar-refractivity contribution < 1.29 is 14.1 Å². The van der Waals surface area contributed by atoms with Crippen molar-refractivity contribution in [1.29, 1.82) is 0 Å². The highest BCUT2D eigenvalue weighted by molar-refractivity contribution is 5.90. The summed E-state index contributed by atoms with van der Waals surface area (Å²) >= 11 is 0. The summed E-state index contributed by atoms with van der Waals surface area (Å²) in [5, 5.41) is 7.03. The second kappa shape index (κ2) is 7.95. The Bertz CT molecular complexity index is 1020. The number of carbonyl (C=O) groups is 1. The highest BCUT2D eigenvalue weighted by Crippen LogP contribution is 2.27. The lowest BCUT2D eigenvalue weighted by Gasteiger charge is -2.36. The van der Waals surface area contributed by atoms with E-state index in [-0.39, 0.29) is 11.9 Å². The van der Waals surface area contributed by atoms with Gasteiger partial charge in [-0.3, -0.25) is 0 Å². The Labute approximate surface area is 169 Å². The minimum Gasteiger partial charge on any atom is -0.496 e. The van der Waals surface area contributed by atoms with E-state index >= 15 is 0 Å². The molecule has 150 valence electrons. The van der Waals surface area contributed by atoms with Crippen LogP contribution in [0, 0.1) is 13.8 Å². The summed E-state index contributed by atoms with van der Waals surface area (Å²) in [5.74, 6) is 2.06. The number of aromatic nitrogens is 2. The summed E-state index contributed by atoms with van der Waals surface area (Å²) in [4.78, 5) is 18.7. The van der Waals surface area contributed by atoms with E-state index in [9.17, 15) is 4.79 Å². The van der Waals surface area contributed by atoms with E-state index in [1.807, 2.05) is 56.3 Å². The Hall–Kier alpha value is -3.35. The van der Waals surface area contributed by atoms with Gasteiger partial charge in [-0.05, 0) is 43.2 Å². The molecule has 29 heavy (non-hydrogen) atoms. The molecule has 3 aromatic rings. The molecule has 1 aliphatic rings. The van der Waals surface area contributed by atoms with E-state index in [0.717, 1.165) is 22.6 Å². The highest BCUT2D eigenvalue weighted by atomic mass is 16.5. The molecule has 7 heteroatoms. The van der Waals surface area contributed by atoms with Crippen molar-refractivity contribution >= 4 is 11.7 Å². The number of nitrogens with zero attached hydrogens (tertiary/aromatic N) is 3. The Morgan fingerprint density at radius 2 is 2.00 bits per heavy atom. The van der Waals surface area contributed by atoms with Crippen LogP contribution in [-0.4, -0.2) is 41.3 Å². The molecule has 2 heterocycles. The number of ether oxygens (including phenoxy) is 1. The van der Waals surface area contributed by atoms with Gasteiger partial charge in [0.2, 0.25) is 5.89 Å². The van der Waals surface area contributed by atoms with E-state index in [1.54, 1.807) is 12.0 Å². The number of benzene rings is 2. The van der Waals surface area contributed by atoms with Crippen molar-refractivity contribution in [1.82, 2.24) is 15.0 Å². The fraction of sp³-hybridized carbons (Fsp3) is 0.318. The van der Waals surface area contributed by atoms with Gasteiger partial charge in [-0.2, -0.15) is 4.98 Å². The van der Waals surface area contributed by atoms with E-state index < -0.39 is 0 Å². The first-order valence-corrected chi connectivity index (χ1v) is 9.61. The fourth-order valence-electron chi connectivity index (χ4n) is 3.35. The molecule has 0 unspecified atom stereocenters. The number of likely N-dealkylation sites (tertiary alicyclic amines) is 1. The van der Waals surface area contributed by atoms with Crippen LogP contribution in [0.25, 0.3) is 0 Å². The monoisotopic (exact) mass is 392 g/mol. The molecule has 0 saturated carbocycles. The van der Waals surface area contributed by atoms with Gasteiger partial charge in [-0.25, -0.2) is 4.79 Å². The molecule has 1 fully saturated rings. The average molecular weight is 392 g/mol. The summed E-state index contributed by atoms with van der Waals surface area (Å²) in [6.45, 7) is 5.20. The number of para-hydroxylation sites is 1. The van der Waals surface area contributed by atoms with Gasteiger partial charge in [-0.15, -0.1) is 0 Å². The largest absolute Gasteiger partial charge is 0.496 e. The van der Waals surface area contributed by atoms with Gasteiger partial charge < -0.3 is 19.5 Å². The molecular formula is C22H24N4O3. The summed E-state index contributed by atoms with van der Waals surface area (Å²) in [7, 11) is 1.65. The van der Waals surface area contributed by atoms with Crippen molar-refractivity contribution in [2.45, 2.75) is 26.2 Å². The normalized spacial score (nSPS) is 13.8. The molecule has 0 radical (unpaired) electrons. The van der Waals surface area contributed by atoms with Crippen molar-refractivity contribution in [2.24, 2.45) is 0 Å². The predicted molar refractivity (Wildman–Crippen MR) is 109 cm³/mol. The number of nitrogens with one attached hydrogen (secondary N) is 1. The number of amides is 2.